The van der Waals surface area contributed by atoms with E-state index in [9.17, 15) is 19.2 Å². The molecule has 15 nitrogen and oxygen atoms in total. The lowest BCUT2D eigenvalue weighted by atomic mass is 9.76. The summed E-state index contributed by atoms with van der Waals surface area (Å²) in [6.45, 7) is 17.2. The number of hydrogen-bond acceptors (Lipinski definition) is 10. The van der Waals surface area contributed by atoms with E-state index in [0.29, 0.717) is 44.0 Å². The molecule has 0 radical (unpaired) electrons. The third-order valence-electron chi connectivity index (χ3n) is 12.4. The maximum atomic E-state index is 14.0. The Bertz CT molecular complexity index is 2330. The van der Waals surface area contributed by atoms with Crippen LogP contribution < -0.4 is 16.0 Å². The molecule has 2 aliphatic heterocycles. The zero-order chi connectivity index (χ0) is 45.8. The van der Waals surface area contributed by atoms with E-state index in [4.69, 9.17) is 14.5 Å². The molecule has 3 heterocycles. The van der Waals surface area contributed by atoms with Crippen LogP contribution in [0.25, 0.3) is 22.5 Å². The molecule has 3 aromatic carbocycles. The van der Waals surface area contributed by atoms with Gasteiger partial charge in [-0.05, 0) is 156 Å². The highest BCUT2D eigenvalue weighted by atomic mass is 16.6. The molecule has 1 aromatic heterocycles. The fraction of sp³-hybridized carbons (Fsp3) is 0.510. The third-order valence-corrected chi connectivity index (χ3v) is 12.4. The van der Waals surface area contributed by atoms with Gasteiger partial charge in [0, 0.05) is 54.4 Å². The predicted octanol–water partition coefficient (Wildman–Crippen LogP) is 8.05. The number of piperidine rings is 1. The van der Waals surface area contributed by atoms with E-state index in [0.717, 1.165) is 64.8 Å². The Balaban J connectivity index is 0.999. The van der Waals surface area contributed by atoms with Gasteiger partial charge < -0.3 is 30.3 Å². The molecule has 15 heteroatoms. The Hall–Kier alpha value is -6.12. The number of likely N-dealkylation sites (tertiary alicyclic amines) is 1. The molecule has 2 fully saturated rings. The van der Waals surface area contributed by atoms with Gasteiger partial charge in [0.2, 0.25) is 17.6 Å². The van der Waals surface area contributed by atoms with E-state index in [1.807, 2.05) is 58.6 Å². The van der Waals surface area contributed by atoms with Gasteiger partial charge in [-0.25, -0.2) is 9.59 Å². The SMILES string of the molecule is Cc1cc(C2=NC3CCN(C(=O)OC(C)(C)C)CC3(C)C2)ccc1-c1ccc(CC(NC(=O)C2CCC(CNC(=O)OC(C)(C)C)CC2)C(=O)Nc2ccc(-c3nn[nH]n3)cc2)cc1. The number of hydrogen-bond donors (Lipinski definition) is 4. The third kappa shape index (κ3) is 11.7. The molecule has 3 unspecified atom stereocenters. The number of rotatable bonds is 11. The van der Waals surface area contributed by atoms with Crippen LogP contribution in [-0.2, 0) is 25.5 Å². The van der Waals surface area contributed by atoms with Gasteiger partial charge in [0.15, 0.2) is 0 Å². The zero-order valence-corrected chi connectivity index (χ0v) is 38.4. The van der Waals surface area contributed by atoms with Crippen LogP contribution in [0, 0.1) is 24.2 Å². The molecular weight excluding hydrogens is 811 g/mol. The minimum atomic E-state index is -0.836. The highest BCUT2D eigenvalue weighted by molar-refractivity contribution is 6.03. The number of ether oxygens (including phenoxy) is 2. The highest BCUT2D eigenvalue weighted by Gasteiger charge is 2.46. The van der Waals surface area contributed by atoms with E-state index in [-0.39, 0.29) is 47.6 Å². The molecule has 64 heavy (non-hydrogen) atoms. The van der Waals surface area contributed by atoms with Crippen molar-refractivity contribution in [3.63, 3.8) is 0 Å². The lowest BCUT2D eigenvalue weighted by Gasteiger charge is -2.41. The van der Waals surface area contributed by atoms with Crippen molar-refractivity contribution >= 4 is 35.4 Å². The van der Waals surface area contributed by atoms with E-state index >= 15 is 0 Å². The summed E-state index contributed by atoms with van der Waals surface area (Å²) >= 11 is 0. The van der Waals surface area contributed by atoms with Gasteiger partial charge in [-0.15, -0.1) is 10.2 Å². The van der Waals surface area contributed by atoms with E-state index < -0.39 is 23.3 Å². The molecule has 7 rings (SSSR count). The van der Waals surface area contributed by atoms with Crippen molar-refractivity contribution in [3.05, 3.63) is 83.4 Å². The largest absolute Gasteiger partial charge is 0.444 e. The Morgan fingerprint density at radius 1 is 0.859 bits per heavy atom. The number of aromatic amines is 1. The van der Waals surface area contributed by atoms with Crippen molar-refractivity contribution in [2.45, 2.75) is 124 Å². The molecule has 4 amide bonds. The van der Waals surface area contributed by atoms with Crippen LogP contribution >= 0.6 is 0 Å². The van der Waals surface area contributed by atoms with Gasteiger partial charge in [-0.3, -0.25) is 14.6 Å². The lowest BCUT2D eigenvalue weighted by Crippen LogP contribution is -2.51. The average molecular weight is 874 g/mol. The van der Waals surface area contributed by atoms with E-state index in [1.54, 1.807) is 24.3 Å². The van der Waals surface area contributed by atoms with Crippen molar-refractivity contribution in [3.8, 4) is 22.5 Å². The van der Waals surface area contributed by atoms with Gasteiger partial charge in [0.25, 0.3) is 0 Å². The average Bonchev–Trinajstić information content (AvgIpc) is 3.90. The van der Waals surface area contributed by atoms with Crippen molar-refractivity contribution < 1.29 is 28.7 Å². The number of aryl methyl sites for hydroxylation is 1. The van der Waals surface area contributed by atoms with Crippen LogP contribution in [0.3, 0.4) is 0 Å². The molecule has 1 saturated carbocycles. The Labute approximate surface area is 375 Å². The Morgan fingerprint density at radius 3 is 2.17 bits per heavy atom. The number of carbonyl (C=O) groups is 4. The first kappa shape index (κ1) is 45.9. The lowest BCUT2D eigenvalue weighted by molar-refractivity contribution is -0.130. The van der Waals surface area contributed by atoms with Crippen molar-refractivity contribution in [2.75, 3.05) is 25.0 Å². The molecule has 3 atom stereocenters. The van der Waals surface area contributed by atoms with Crippen molar-refractivity contribution in [2.24, 2.45) is 22.2 Å². The first-order valence-corrected chi connectivity index (χ1v) is 22.5. The number of nitrogens with zero attached hydrogens (tertiary/aromatic N) is 5. The topological polar surface area (TPSA) is 193 Å². The Kier molecular flexibility index (Phi) is 13.6. The van der Waals surface area contributed by atoms with E-state index in [1.165, 1.54) is 0 Å². The number of fused-ring (bicyclic) bond motifs is 1. The number of alkyl carbamates (subject to hydrolysis) is 1. The number of carbonyl (C=O) groups excluding carboxylic acids is 4. The summed E-state index contributed by atoms with van der Waals surface area (Å²) in [7, 11) is 0. The Morgan fingerprint density at radius 2 is 1.53 bits per heavy atom. The van der Waals surface area contributed by atoms with Crippen LogP contribution in [0.2, 0.25) is 0 Å². The van der Waals surface area contributed by atoms with Crippen molar-refractivity contribution in [1.82, 2.24) is 36.2 Å². The second-order valence-electron chi connectivity index (χ2n) is 20.0. The predicted molar refractivity (Wildman–Crippen MR) is 246 cm³/mol. The zero-order valence-electron chi connectivity index (χ0n) is 38.4. The molecule has 0 spiro atoms. The summed E-state index contributed by atoms with van der Waals surface area (Å²) in [6.07, 6.45) is 4.06. The molecule has 1 saturated heterocycles. The minimum absolute atomic E-state index is 0.149. The van der Waals surface area contributed by atoms with Gasteiger partial charge in [-0.1, -0.05) is 43.3 Å². The number of aliphatic imine (C=N–C) groups is 1. The number of aromatic nitrogens is 4. The smallest absolute Gasteiger partial charge is 0.410 e. The van der Waals surface area contributed by atoms with Gasteiger partial charge >= 0.3 is 12.2 Å². The quantitative estimate of drug-likeness (QED) is 0.115. The number of nitrogens with one attached hydrogen (secondary N) is 4. The molecule has 340 valence electrons. The highest BCUT2D eigenvalue weighted by Crippen LogP contribution is 2.42. The molecule has 4 aromatic rings. The summed E-state index contributed by atoms with van der Waals surface area (Å²) < 4.78 is 11.1. The summed E-state index contributed by atoms with van der Waals surface area (Å²) in [5.74, 6) is -0.0406. The van der Waals surface area contributed by atoms with E-state index in [2.05, 4.69) is 80.8 Å². The second-order valence-corrected chi connectivity index (χ2v) is 20.0. The number of tetrazole rings is 1. The summed E-state index contributed by atoms with van der Waals surface area (Å²) in [5, 5.41) is 23.1. The number of benzene rings is 3. The summed E-state index contributed by atoms with van der Waals surface area (Å²) in [6, 6.07) is 21.1. The van der Waals surface area contributed by atoms with Crippen molar-refractivity contribution in [1.29, 1.82) is 0 Å². The number of H-pyrrole nitrogens is 1. The van der Waals surface area contributed by atoms with Gasteiger partial charge in [0.05, 0.1) is 6.04 Å². The van der Waals surface area contributed by atoms with Crippen LogP contribution in [0.1, 0.15) is 104 Å². The van der Waals surface area contributed by atoms with Crippen LogP contribution in [-0.4, -0.2) is 98.2 Å². The normalized spacial score (nSPS) is 21.5. The number of amides is 4. The second kappa shape index (κ2) is 18.9. The minimum Gasteiger partial charge on any atom is -0.444 e. The standard InChI is InChI=1S/C49H63N9O6/c1-30-25-36(40-27-49(8)29-58(24-23-41(49)52-40)46(62)64-48(5,6)7)19-22-38(30)33-13-9-31(10-14-33)26-39(44(60)51-37-20-17-34(18-21-37)42-54-56-57-55-42)53-43(59)35-15-11-32(12-16-35)28-50-45(61)63-47(2,3)4/h9-10,13-14,17-22,25,32,35,39,41H,11-12,15-16,23-24,26-29H2,1-8H3,(H,50,61)(H,51,60)(H,53,59)(H,54,55,56,57). The maximum Gasteiger partial charge on any atom is 0.410 e. The first-order valence-electron chi connectivity index (χ1n) is 22.5. The first-order chi connectivity index (χ1) is 30.3. The molecule has 4 N–H and O–H groups in total. The summed E-state index contributed by atoms with van der Waals surface area (Å²) in [5.41, 5.74) is 6.38. The van der Waals surface area contributed by atoms with Crippen LogP contribution in [0.15, 0.2) is 71.7 Å². The summed E-state index contributed by atoms with van der Waals surface area (Å²) in [4.78, 5) is 59.9. The molecular formula is C49H63N9O6. The molecule has 1 aliphatic carbocycles. The van der Waals surface area contributed by atoms with Gasteiger partial charge in [-0.2, -0.15) is 5.21 Å². The fourth-order valence-corrected chi connectivity index (χ4v) is 9.03. The molecule has 0 bridgehead atoms. The molecule has 3 aliphatic rings. The monoisotopic (exact) mass is 873 g/mol. The fourth-order valence-electron chi connectivity index (χ4n) is 9.03. The number of anilines is 1. The maximum absolute atomic E-state index is 14.0. The van der Waals surface area contributed by atoms with Crippen LogP contribution in [0.4, 0.5) is 15.3 Å². The van der Waals surface area contributed by atoms with Crippen LogP contribution in [0.5, 0.6) is 0 Å². The van der Waals surface area contributed by atoms with Gasteiger partial charge in [0.1, 0.15) is 17.2 Å².